The largest absolute Gasteiger partial charge is 0.325 e. The topological polar surface area (TPSA) is 33.3 Å². The Balaban J connectivity index is 1.28. The van der Waals surface area contributed by atoms with Crippen LogP contribution in [0.1, 0.15) is 0 Å². The van der Waals surface area contributed by atoms with Crippen molar-refractivity contribution in [1.82, 2.24) is 23.8 Å². The molecule has 0 aliphatic carbocycles. The highest BCUT2D eigenvalue weighted by Gasteiger charge is 2.46. The summed E-state index contributed by atoms with van der Waals surface area (Å²) >= 11 is 11.7. The van der Waals surface area contributed by atoms with Crippen LogP contribution in [-0.4, -0.2) is 84.2 Å². The van der Waals surface area contributed by atoms with Gasteiger partial charge in [-0.3, -0.25) is 5.09 Å². The lowest BCUT2D eigenvalue weighted by Crippen LogP contribution is -2.24. The Morgan fingerprint density at radius 2 is 1.25 bits per heavy atom. The van der Waals surface area contributed by atoms with E-state index in [0.29, 0.717) is 6.61 Å². The molecule has 10 heteroatoms. The molecule has 0 aromatic rings. The predicted octanol–water partition coefficient (Wildman–Crippen LogP) is 0.304. The highest BCUT2D eigenvalue weighted by Crippen LogP contribution is 2.61. The molecule has 0 amide bonds. The highest BCUT2D eigenvalue weighted by molar-refractivity contribution is 8.11. The molecule has 0 aromatic heterocycles. The van der Waals surface area contributed by atoms with Gasteiger partial charge in [0.05, 0.1) is 6.61 Å². The molecule has 0 aromatic carbocycles. The molecule has 4 aliphatic heterocycles. The fourth-order valence-electron chi connectivity index (χ4n) is 2.30. The molecular weight excluding hydrogens is 332 g/mol. The Kier molecular flexibility index (Phi) is 3.88. The minimum atomic E-state index is -1.83. The van der Waals surface area contributed by atoms with Crippen molar-refractivity contribution < 1.29 is 4.52 Å². The summed E-state index contributed by atoms with van der Waals surface area (Å²) in [6, 6.07) is 0. The van der Waals surface area contributed by atoms with Gasteiger partial charge < -0.3 is 4.52 Å². The van der Waals surface area contributed by atoms with Crippen LogP contribution in [0.3, 0.4) is 0 Å². The lowest BCUT2D eigenvalue weighted by Gasteiger charge is -2.27. The van der Waals surface area contributed by atoms with Gasteiger partial charge >= 0.3 is 0 Å². The van der Waals surface area contributed by atoms with E-state index in [2.05, 4.69) is 23.8 Å². The second-order valence-corrected chi connectivity index (χ2v) is 13.5. The number of hydrogen-bond acceptors (Lipinski definition) is 3. The van der Waals surface area contributed by atoms with Crippen LogP contribution in [0, 0.1) is 0 Å². The number of nitrogens with zero attached hydrogens (tertiary/aromatic N) is 4. The second-order valence-electron chi connectivity index (χ2n) is 5.59. The maximum atomic E-state index is 6.12. The second kappa shape index (κ2) is 5.31. The normalized spacial score (nSPS) is 27.8. The number of nitrogens with one attached hydrogen (secondary N) is 1. The zero-order valence-electron chi connectivity index (χ0n) is 11.5. The minimum absolute atomic E-state index is 0.685. The summed E-state index contributed by atoms with van der Waals surface area (Å²) in [6.07, 6.45) is 0. The zero-order valence-corrected chi connectivity index (χ0v) is 14.9. The molecule has 6 nitrogen and oxygen atoms in total. The third-order valence-electron chi connectivity index (χ3n) is 3.86. The molecule has 0 unspecified atom stereocenters. The van der Waals surface area contributed by atoms with Crippen molar-refractivity contribution >= 4 is 36.7 Å². The van der Waals surface area contributed by atoms with Crippen LogP contribution in [0.5, 0.6) is 0 Å². The first-order chi connectivity index (χ1) is 9.63. The Morgan fingerprint density at radius 3 is 1.65 bits per heavy atom. The number of hydrogen-bond donors (Lipinski definition) is 1. The first kappa shape index (κ1) is 14.6. The molecule has 0 saturated carbocycles. The van der Waals surface area contributed by atoms with Gasteiger partial charge in [0, 0.05) is 58.9 Å². The highest BCUT2D eigenvalue weighted by atomic mass is 32.5. The SMILES string of the molecule is S=P(NCCOP(=S)(N1CC1)N1CC1)(N1CC1)N1CC1. The van der Waals surface area contributed by atoms with Gasteiger partial charge in [0.2, 0.25) is 6.57 Å². The van der Waals surface area contributed by atoms with Gasteiger partial charge in [-0.25, -0.2) is 18.7 Å². The van der Waals surface area contributed by atoms with Gasteiger partial charge in [-0.1, -0.05) is 0 Å². The molecule has 1 N–H and O–H groups in total. The Morgan fingerprint density at radius 1 is 0.800 bits per heavy atom. The average Bonchev–Trinajstić information content (AvgIpc) is 3.31. The van der Waals surface area contributed by atoms with Gasteiger partial charge in [-0.2, -0.15) is 0 Å². The van der Waals surface area contributed by atoms with Crippen molar-refractivity contribution in [1.29, 1.82) is 0 Å². The molecule has 0 bridgehead atoms. The third kappa shape index (κ3) is 2.93. The van der Waals surface area contributed by atoms with Gasteiger partial charge in [0.1, 0.15) is 6.49 Å². The fourth-order valence-corrected chi connectivity index (χ4v) is 9.37. The van der Waals surface area contributed by atoms with Gasteiger partial charge in [0.15, 0.2) is 0 Å². The Labute approximate surface area is 130 Å². The Hall–Kier alpha value is 1.06. The zero-order chi connectivity index (χ0) is 13.8. The van der Waals surface area contributed by atoms with E-state index >= 15 is 0 Å². The Bertz CT molecular complexity index is 414. The van der Waals surface area contributed by atoms with Gasteiger partial charge in [-0.05, 0) is 23.6 Å². The molecule has 4 rings (SSSR count). The predicted molar refractivity (Wildman–Crippen MR) is 88.8 cm³/mol. The molecule has 4 aliphatic rings. The van der Waals surface area contributed by atoms with E-state index < -0.39 is 13.1 Å². The van der Waals surface area contributed by atoms with Crippen molar-refractivity contribution in [2.24, 2.45) is 0 Å². The molecule has 20 heavy (non-hydrogen) atoms. The van der Waals surface area contributed by atoms with E-state index in [4.69, 9.17) is 28.1 Å². The third-order valence-corrected chi connectivity index (χ3v) is 13.0. The van der Waals surface area contributed by atoms with Crippen molar-refractivity contribution in [2.45, 2.75) is 0 Å². The summed E-state index contributed by atoms with van der Waals surface area (Å²) in [5.74, 6) is 0. The van der Waals surface area contributed by atoms with Crippen molar-refractivity contribution in [2.75, 3.05) is 65.5 Å². The van der Waals surface area contributed by atoms with E-state index in [-0.39, 0.29) is 0 Å². The molecule has 4 heterocycles. The molecular formula is C10H21N5OP2S2. The van der Waals surface area contributed by atoms with Crippen molar-refractivity contribution in [3.05, 3.63) is 0 Å². The van der Waals surface area contributed by atoms with Crippen LogP contribution in [0.15, 0.2) is 0 Å². The molecule has 114 valence electrons. The van der Waals surface area contributed by atoms with E-state index in [1.807, 2.05) is 0 Å². The van der Waals surface area contributed by atoms with E-state index in [1.54, 1.807) is 0 Å². The summed E-state index contributed by atoms with van der Waals surface area (Å²) in [7, 11) is 0. The summed E-state index contributed by atoms with van der Waals surface area (Å²) in [5.41, 5.74) is 0. The van der Waals surface area contributed by atoms with Crippen LogP contribution in [0.2, 0.25) is 0 Å². The van der Waals surface area contributed by atoms with Crippen LogP contribution in [0.4, 0.5) is 0 Å². The molecule has 0 radical (unpaired) electrons. The van der Waals surface area contributed by atoms with Gasteiger partial charge in [0.25, 0.3) is 0 Å². The molecule has 0 atom stereocenters. The monoisotopic (exact) mass is 353 g/mol. The molecule has 4 fully saturated rings. The minimum Gasteiger partial charge on any atom is -0.325 e. The van der Waals surface area contributed by atoms with E-state index in [1.165, 1.54) is 0 Å². The number of rotatable bonds is 9. The maximum Gasteiger partial charge on any atom is 0.203 e. The maximum absolute atomic E-state index is 6.12. The average molecular weight is 353 g/mol. The van der Waals surface area contributed by atoms with Crippen LogP contribution >= 0.6 is 13.1 Å². The smallest absolute Gasteiger partial charge is 0.203 e. The summed E-state index contributed by atoms with van der Waals surface area (Å²) in [4.78, 5) is 0. The first-order valence-corrected chi connectivity index (χ1v) is 12.6. The van der Waals surface area contributed by atoms with Crippen LogP contribution in [0.25, 0.3) is 0 Å². The standard InChI is InChI=1S/C10H21N5OP2S2/c19-17(12-2-3-12,13-4-5-13)11-1-10-16-18(20,14-6-7-14)15-8-9-15/h1-10H2,(H,11,19). The quantitative estimate of drug-likeness (QED) is 0.360. The van der Waals surface area contributed by atoms with Crippen LogP contribution < -0.4 is 5.09 Å². The van der Waals surface area contributed by atoms with E-state index in [0.717, 1.165) is 58.9 Å². The first-order valence-electron chi connectivity index (χ1n) is 7.24. The lowest BCUT2D eigenvalue weighted by molar-refractivity contribution is 0.325. The lowest BCUT2D eigenvalue weighted by atomic mass is 10.8. The fraction of sp³-hybridized carbons (Fsp3) is 1.00. The van der Waals surface area contributed by atoms with Gasteiger partial charge in [-0.15, -0.1) is 0 Å². The molecule has 0 spiro atoms. The van der Waals surface area contributed by atoms with Crippen molar-refractivity contribution in [3.8, 4) is 0 Å². The molecule has 4 saturated heterocycles. The van der Waals surface area contributed by atoms with E-state index in [9.17, 15) is 0 Å². The summed E-state index contributed by atoms with van der Waals surface area (Å²) in [5, 5.41) is 3.60. The summed E-state index contributed by atoms with van der Waals surface area (Å²) < 4.78 is 15.6. The van der Waals surface area contributed by atoms with Crippen molar-refractivity contribution in [3.63, 3.8) is 0 Å². The van der Waals surface area contributed by atoms with Crippen LogP contribution in [-0.2, 0) is 28.1 Å². The summed E-state index contributed by atoms with van der Waals surface area (Å²) in [6.45, 7) is 7.13.